The van der Waals surface area contributed by atoms with E-state index >= 15 is 0 Å². The maximum atomic E-state index is 12.2. The molecule has 0 fully saturated rings. The fraction of sp³-hybridized carbons (Fsp3) is 0.400. The normalized spacial score (nSPS) is 11.7. The minimum absolute atomic E-state index is 0.249. The van der Waals surface area contributed by atoms with Crippen molar-refractivity contribution < 1.29 is 8.42 Å². The zero-order valence-electron chi connectivity index (χ0n) is 10.5. The van der Waals surface area contributed by atoms with Crippen LogP contribution in [0.3, 0.4) is 0 Å². The van der Waals surface area contributed by atoms with Crippen LogP contribution in [-0.4, -0.2) is 18.6 Å². The Bertz CT molecular complexity index is 675. The summed E-state index contributed by atoms with van der Waals surface area (Å²) in [5.41, 5.74) is 6.44. The lowest BCUT2D eigenvalue weighted by Crippen LogP contribution is -2.11. The second-order valence-corrected chi connectivity index (χ2v) is 7.94. The van der Waals surface area contributed by atoms with Gasteiger partial charge in [0.25, 0.3) is 10.0 Å². The molecule has 3 N–H and O–H groups in total. The average molecular weight is 318 g/mol. The van der Waals surface area contributed by atoms with Crippen LogP contribution >= 0.6 is 22.7 Å². The predicted octanol–water partition coefficient (Wildman–Crippen LogP) is 1.73. The topological polar surface area (TPSA) is 98.0 Å². The van der Waals surface area contributed by atoms with Crippen molar-refractivity contribution in [1.29, 1.82) is 0 Å². The van der Waals surface area contributed by atoms with Gasteiger partial charge in [0.2, 0.25) is 5.13 Å². The van der Waals surface area contributed by atoms with E-state index in [9.17, 15) is 8.42 Å². The highest BCUT2D eigenvalue weighted by Crippen LogP contribution is 2.28. The van der Waals surface area contributed by atoms with E-state index in [1.54, 1.807) is 6.07 Å². The number of aryl methyl sites for hydroxylation is 2. The lowest BCUT2D eigenvalue weighted by Gasteiger charge is -2.00. The number of aromatic nitrogens is 2. The van der Waals surface area contributed by atoms with E-state index in [0.29, 0.717) is 6.54 Å². The third-order valence-corrected chi connectivity index (χ3v) is 6.62. The molecule has 0 spiro atoms. The van der Waals surface area contributed by atoms with E-state index in [2.05, 4.69) is 14.9 Å². The molecule has 104 valence electrons. The molecule has 0 bridgehead atoms. The second-order valence-electron chi connectivity index (χ2n) is 3.84. The predicted molar refractivity (Wildman–Crippen MR) is 77.0 cm³/mol. The van der Waals surface area contributed by atoms with Crippen LogP contribution in [0.4, 0.5) is 5.13 Å². The lowest BCUT2D eigenvalue weighted by molar-refractivity contribution is 0.603. The van der Waals surface area contributed by atoms with Crippen molar-refractivity contribution in [1.82, 2.24) is 10.2 Å². The van der Waals surface area contributed by atoms with Crippen molar-refractivity contribution in [3.05, 3.63) is 21.5 Å². The minimum Gasteiger partial charge on any atom is -0.326 e. The number of thiophene rings is 1. The third-order valence-electron chi connectivity index (χ3n) is 2.44. The molecule has 2 aromatic rings. The number of nitrogens with one attached hydrogen (secondary N) is 1. The van der Waals surface area contributed by atoms with Crippen LogP contribution in [0, 0.1) is 6.92 Å². The number of nitrogens with zero attached hydrogens (tertiary/aromatic N) is 2. The van der Waals surface area contributed by atoms with E-state index in [-0.39, 0.29) is 9.34 Å². The number of hydrogen-bond acceptors (Lipinski definition) is 7. The van der Waals surface area contributed by atoms with Crippen molar-refractivity contribution in [2.24, 2.45) is 5.73 Å². The van der Waals surface area contributed by atoms with Gasteiger partial charge in [-0.15, -0.1) is 21.5 Å². The number of hydrogen-bond donors (Lipinski definition) is 2. The molecule has 0 aliphatic carbocycles. The van der Waals surface area contributed by atoms with Crippen molar-refractivity contribution in [3.8, 4) is 0 Å². The first kappa shape index (κ1) is 14.4. The molecule has 19 heavy (non-hydrogen) atoms. The lowest BCUT2D eigenvalue weighted by atomic mass is 10.3. The van der Waals surface area contributed by atoms with Gasteiger partial charge in [0, 0.05) is 11.4 Å². The fourth-order valence-corrected chi connectivity index (χ4v) is 4.80. The fourth-order valence-electron chi connectivity index (χ4n) is 1.43. The third kappa shape index (κ3) is 3.11. The average Bonchev–Trinajstić information content (AvgIpc) is 2.95. The summed E-state index contributed by atoms with van der Waals surface area (Å²) >= 11 is 2.42. The van der Waals surface area contributed by atoms with Gasteiger partial charge < -0.3 is 5.73 Å². The molecule has 2 heterocycles. The zero-order valence-corrected chi connectivity index (χ0v) is 13.0. The van der Waals surface area contributed by atoms with Crippen LogP contribution in [0.1, 0.15) is 22.4 Å². The van der Waals surface area contributed by atoms with Crippen LogP contribution in [0.5, 0.6) is 0 Å². The number of rotatable bonds is 5. The zero-order chi connectivity index (χ0) is 14.0. The van der Waals surface area contributed by atoms with Crippen molar-refractivity contribution in [2.45, 2.75) is 31.0 Å². The van der Waals surface area contributed by atoms with E-state index < -0.39 is 10.0 Å². The maximum Gasteiger partial charge on any atom is 0.273 e. The van der Waals surface area contributed by atoms with Gasteiger partial charge in [-0.1, -0.05) is 18.3 Å². The molecule has 2 aromatic heterocycles. The Hall–Kier alpha value is -1.03. The van der Waals surface area contributed by atoms with Crippen LogP contribution in [-0.2, 0) is 23.0 Å². The summed E-state index contributed by atoms with van der Waals surface area (Å²) in [6, 6.07) is 1.62. The SMILES string of the molecule is CCc1nnc(NS(=O)(=O)c2cc(C)c(CN)s2)s1. The van der Waals surface area contributed by atoms with Crippen LogP contribution in [0.2, 0.25) is 0 Å². The van der Waals surface area contributed by atoms with Gasteiger partial charge >= 0.3 is 0 Å². The molecule has 6 nitrogen and oxygen atoms in total. The van der Waals surface area contributed by atoms with E-state index in [1.807, 2.05) is 13.8 Å². The van der Waals surface area contributed by atoms with Crippen LogP contribution < -0.4 is 10.5 Å². The Labute approximate surface area is 119 Å². The van der Waals surface area contributed by atoms with Gasteiger partial charge in [-0.25, -0.2) is 8.42 Å². The smallest absolute Gasteiger partial charge is 0.273 e. The molecule has 0 unspecified atom stereocenters. The molecule has 2 rings (SSSR count). The van der Waals surface area contributed by atoms with Crippen molar-refractivity contribution >= 4 is 37.8 Å². The van der Waals surface area contributed by atoms with Gasteiger partial charge in [0.05, 0.1) is 0 Å². The first-order valence-corrected chi connectivity index (χ1v) is 8.72. The van der Waals surface area contributed by atoms with Gasteiger partial charge in [-0.2, -0.15) is 0 Å². The largest absolute Gasteiger partial charge is 0.326 e. The summed E-state index contributed by atoms with van der Waals surface area (Å²) in [6.45, 7) is 4.12. The van der Waals surface area contributed by atoms with Gasteiger partial charge in [-0.3, -0.25) is 4.72 Å². The summed E-state index contributed by atoms with van der Waals surface area (Å²) in [7, 11) is -3.60. The highest BCUT2D eigenvalue weighted by Gasteiger charge is 2.20. The molecule has 0 aliphatic heterocycles. The molecule has 0 saturated heterocycles. The Morgan fingerprint density at radius 2 is 2.11 bits per heavy atom. The minimum atomic E-state index is -3.60. The molecule has 0 atom stereocenters. The van der Waals surface area contributed by atoms with E-state index in [0.717, 1.165) is 21.9 Å². The quantitative estimate of drug-likeness (QED) is 0.875. The first-order chi connectivity index (χ1) is 8.96. The Kier molecular flexibility index (Phi) is 4.19. The number of sulfonamides is 1. The molecule has 9 heteroatoms. The van der Waals surface area contributed by atoms with Crippen LogP contribution in [0.15, 0.2) is 10.3 Å². The van der Waals surface area contributed by atoms with E-state index in [1.165, 1.54) is 22.7 Å². The summed E-state index contributed by atoms with van der Waals surface area (Å²) in [5, 5.41) is 8.76. The highest BCUT2D eigenvalue weighted by atomic mass is 32.2. The van der Waals surface area contributed by atoms with Crippen LogP contribution in [0.25, 0.3) is 0 Å². The summed E-state index contributed by atoms with van der Waals surface area (Å²) in [4.78, 5) is 0.867. The Balaban J connectivity index is 2.26. The second kappa shape index (κ2) is 5.53. The van der Waals surface area contributed by atoms with E-state index in [4.69, 9.17) is 5.73 Å². The maximum absolute atomic E-state index is 12.2. The van der Waals surface area contributed by atoms with Gasteiger partial charge in [0.1, 0.15) is 9.22 Å². The molecular weight excluding hydrogens is 304 g/mol. The number of anilines is 1. The molecule has 0 amide bonds. The Morgan fingerprint density at radius 3 is 2.63 bits per heavy atom. The standard InChI is InChI=1S/C10H14N4O2S3/c1-3-8-12-13-10(18-8)14-19(15,16)9-4-6(2)7(5-11)17-9/h4H,3,5,11H2,1-2H3,(H,13,14). The monoisotopic (exact) mass is 318 g/mol. The summed E-state index contributed by atoms with van der Waals surface area (Å²) < 4.78 is 27.0. The molecule has 0 aromatic carbocycles. The van der Waals surface area contributed by atoms with Crippen molar-refractivity contribution in [2.75, 3.05) is 4.72 Å². The number of nitrogens with two attached hydrogens (primary N) is 1. The highest BCUT2D eigenvalue weighted by molar-refractivity contribution is 7.94. The molecular formula is C10H14N4O2S3. The summed E-state index contributed by atoms with van der Waals surface area (Å²) in [5.74, 6) is 0. The Morgan fingerprint density at radius 1 is 1.37 bits per heavy atom. The molecule has 0 radical (unpaired) electrons. The molecule has 0 saturated carbocycles. The van der Waals surface area contributed by atoms with Gasteiger partial charge in [0.15, 0.2) is 0 Å². The van der Waals surface area contributed by atoms with Gasteiger partial charge in [-0.05, 0) is 25.0 Å². The molecule has 0 aliphatic rings. The summed E-state index contributed by atoms with van der Waals surface area (Å²) in [6.07, 6.45) is 0.731. The van der Waals surface area contributed by atoms with Crippen molar-refractivity contribution in [3.63, 3.8) is 0 Å². The first-order valence-electron chi connectivity index (χ1n) is 5.61.